The zero-order valence-electron chi connectivity index (χ0n) is 15.5. The van der Waals surface area contributed by atoms with Gasteiger partial charge in [-0.15, -0.1) is 14.5 Å². The van der Waals surface area contributed by atoms with Gasteiger partial charge in [0.25, 0.3) is 6.33 Å². The second-order valence-corrected chi connectivity index (χ2v) is 6.48. The van der Waals surface area contributed by atoms with E-state index in [1.165, 1.54) is 35.3 Å². The highest BCUT2D eigenvalue weighted by atomic mass is 35.5. The van der Waals surface area contributed by atoms with Gasteiger partial charge in [-0.05, 0) is 36.2 Å². The Kier molecular flexibility index (Phi) is 6.25. The summed E-state index contributed by atoms with van der Waals surface area (Å²) in [7, 11) is 0. The molecule has 11 heteroatoms. The first-order valence-corrected chi connectivity index (χ1v) is 9.02. The third-order valence-electron chi connectivity index (χ3n) is 3.99. The fraction of sp³-hybridized carbons (Fsp3) is 0.211. The zero-order valence-corrected chi connectivity index (χ0v) is 16.2. The highest BCUT2D eigenvalue weighted by Gasteiger charge is 2.43. The molecule has 3 aromatic rings. The van der Waals surface area contributed by atoms with Crippen LogP contribution in [0.1, 0.15) is 12.5 Å². The average molecular weight is 443 g/mol. The van der Waals surface area contributed by atoms with Crippen LogP contribution < -0.4 is 14.5 Å². The van der Waals surface area contributed by atoms with Crippen molar-refractivity contribution in [3.05, 3.63) is 65.7 Å². The van der Waals surface area contributed by atoms with Crippen LogP contribution in [0.2, 0.25) is 5.02 Å². The summed E-state index contributed by atoms with van der Waals surface area (Å²) in [6.45, 7) is 2.52. The molecule has 2 aromatic carbocycles. The van der Waals surface area contributed by atoms with Crippen molar-refractivity contribution >= 4 is 17.5 Å². The minimum atomic E-state index is -4.59. The maximum Gasteiger partial charge on any atom is 0.461 e. The van der Waals surface area contributed by atoms with Crippen LogP contribution >= 0.6 is 11.6 Å². The van der Waals surface area contributed by atoms with Gasteiger partial charge in [0.2, 0.25) is 6.33 Å². The van der Waals surface area contributed by atoms with Crippen molar-refractivity contribution < 1.29 is 32.1 Å². The first kappa shape index (κ1) is 21.6. The van der Waals surface area contributed by atoms with E-state index < -0.39 is 24.2 Å². The van der Waals surface area contributed by atoms with E-state index in [-0.39, 0.29) is 10.6 Å². The lowest BCUT2D eigenvalue weighted by Gasteiger charge is -2.17. The van der Waals surface area contributed by atoms with E-state index in [2.05, 4.69) is 14.9 Å². The topological polar surface area (TPSA) is 66.3 Å². The Morgan fingerprint density at radius 3 is 2.53 bits per heavy atom. The summed E-state index contributed by atoms with van der Waals surface area (Å²) in [4.78, 5) is 0. The van der Waals surface area contributed by atoms with Crippen LogP contribution in [0.25, 0.3) is 11.1 Å². The van der Waals surface area contributed by atoms with Gasteiger partial charge in [-0.3, -0.25) is 0 Å². The number of hydrogen-bond donors (Lipinski definition) is 0. The van der Waals surface area contributed by atoms with Gasteiger partial charge in [-0.1, -0.05) is 35.9 Å². The molecule has 0 bridgehead atoms. The molecule has 0 fully saturated rings. The second kappa shape index (κ2) is 8.70. The normalized spacial score (nSPS) is 12.4. The number of aryl methyl sites for hydroxylation is 1. The van der Waals surface area contributed by atoms with Crippen LogP contribution in [0, 0.1) is 0 Å². The molecule has 0 spiro atoms. The van der Waals surface area contributed by atoms with Crippen LogP contribution in [-0.2, 0) is 6.54 Å². The van der Waals surface area contributed by atoms with E-state index in [1.807, 2.05) is 6.92 Å². The van der Waals surface area contributed by atoms with Crippen molar-refractivity contribution in [2.24, 2.45) is 5.10 Å². The lowest BCUT2D eigenvalue weighted by Crippen LogP contribution is -2.33. The second-order valence-electron chi connectivity index (χ2n) is 6.07. The zero-order chi connectivity index (χ0) is 21.9. The third kappa shape index (κ3) is 4.88. The predicted molar refractivity (Wildman–Crippen MR) is 98.5 cm³/mol. The number of ether oxygens (including phenoxy) is 1. The first-order chi connectivity index (χ1) is 14.2. The minimum absolute atomic E-state index is 0.219. The Morgan fingerprint density at radius 1 is 1.27 bits per heavy atom. The third-order valence-corrected chi connectivity index (χ3v) is 4.30. The van der Waals surface area contributed by atoms with Gasteiger partial charge in [0.15, 0.2) is 0 Å². The van der Waals surface area contributed by atoms with Gasteiger partial charge in [0, 0.05) is 21.6 Å². The van der Waals surface area contributed by atoms with Gasteiger partial charge in [-0.2, -0.15) is 17.6 Å². The lowest BCUT2D eigenvalue weighted by molar-refractivity contribution is -0.682. The van der Waals surface area contributed by atoms with Gasteiger partial charge < -0.3 is 9.84 Å². The van der Waals surface area contributed by atoms with Crippen LogP contribution in [0.4, 0.5) is 17.6 Å². The number of benzene rings is 2. The highest BCUT2D eigenvalue weighted by molar-refractivity contribution is 6.33. The smallest absolute Gasteiger partial charge is 0.461 e. The van der Waals surface area contributed by atoms with E-state index in [9.17, 15) is 22.7 Å². The number of nitrogens with zero attached hydrogens (tertiary/aromatic N) is 4. The molecule has 0 atom stereocenters. The fourth-order valence-electron chi connectivity index (χ4n) is 2.48. The summed E-state index contributed by atoms with van der Waals surface area (Å²) < 4.78 is 57.3. The molecule has 30 heavy (non-hydrogen) atoms. The Bertz CT molecular complexity index is 1050. The molecule has 0 aliphatic carbocycles. The summed E-state index contributed by atoms with van der Waals surface area (Å²) in [5.74, 6) is -0.961. The summed E-state index contributed by atoms with van der Waals surface area (Å²) in [6, 6.07) is 9.51. The van der Waals surface area contributed by atoms with E-state index in [1.54, 1.807) is 17.1 Å². The standard InChI is InChI=1S/C19H15ClF4N4O2/c1-2-27-11-28(10-25-27)26-17(29)13-5-8-15(16(20)9-13)12-3-6-14(7-4-12)30-19(23,24)18(21)22/h3-11,18H,2H2,1H3. The minimum Gasteiger partial charge on any atom is -0.856 e. The first-order valence-electron chi connectivity index (χ1n) is 8.64. The molecule has 0 amide bonds. The van der Waals surface area contributed by atoms with E-state index in [0.29, 0.717) is 17.7 Å². The Balaban J connectivity index is 1.79. The summed E-state index contributed by atoms with van der Waals surface area (Å²) in [6.07, 6.45) is -5.60. The predicted octanol–water partition coefficient (Wildman–Crippen LogP) is 3.32. The van der Waals surface area contributed by atoms with Crippen molar-refractivity contribution in [2.75, 3.05) is 0 Å². The number of aromatic nitrogens is 3. The van der Waals surface area contributed by atoms with Crippen molar-refractivity contribution in [3.63, 3.8) is 0 Å². The summed E-state index contributed by atoms with van der Waals surface area (Å²) in [5, 5.41) is 20.4. The Labute approximate surface area is 173 Å². The molecule has 0 radical (unpaired) electrons. The molecular formula is C19H15ClF4N4O2. The maximum atomic E-state index is 13.0. The molecule has 0 saturated carbocycles. The van der Waals surface area contributed by atoms with Crippen molar-refractivity contribution in [3.8, 4) is 16.9 Å². The van der Waals surface area contributed by atoms with Crippen LogP contribution in [-0.4, -0.2) is 28.2 Å². The fourth-order valence-corrected chi connectivity index (χ4v) is 2.77. The van der Waals surface area contributed by atoms with E-state index >= 15 is 0 Å². The Hall–Kier alpha value is -3.14. The molecule has 6 nitrogen and oxygen atoms in total. The molecule has 0 unspecified atom stereocenters. The van der Waals surface area contributed by atoms with E-state index in [4.69, 9.17) is 11.6 Å². The largest absolute Gasteiger partial charge is 0.856 e. The molecule has 158 valence electrons. The molecule has 0 N–H and O–H groups in total. The van der Waals surface area contributed by atoms with Crippen LogP contribution in [0.5, 0.6) is 5.75 Å². The molecule has 0 aliphatic heterocycles. The monoisotopic (exact) mass is 442 g/mol. The van der Waals surface area contributed by atoms with Gasteiger partial charge in [-0.25, -0.2) is 0 Å². The SMILES string of the molecule is CCn1c[n+](/N=C(\[O-])c2ccc(-c3ccc(OC(F)(F)C(F)F)cc3)c(Cl)c2)cn1. The lowest BCUT2D eigenvalue weighted by atomic mass is 10.0. The number of rotatable bonds is 7. The molecule has 0 aliphatic rings. The molecule has 1 aromatic heterocycles. The number of hydrogen-bond acceptors (Lipinski definition) is 4. The number of alkyl halides is 4. The van der Waals surface area contributed by atoms with Crippen molar-refractivity contribution in [1.82, 2.24) is 9.78 Å². The Morgan fingerprint density at radius 2 is 1.97 bits per heavy atom. The summed E-state index contributed by atoms with van der Waals surface area (Å²) in [5.41, 5.74) is 1.26. The quantitative estimate of drug-likeness (QED) is 0.244. The molecule has 3 rings (SSSR count). The van der Waals surface area contributed by atoms with Crippen molar-refractivity contribution in [1.29, 1.82) is 0 Å². The van der Waals surface area contributed by atoms with Crippen molar-refractivity contribution in [2.45, 2.75) is 26.0 Å². The maximum absolute atomic E-state index is 13.0. The highest BCUT2D eigenvalue weighted by Crippen LogP contribution is 2.32. The molecule has 1 heterocycles. The average Bonchev–Trinajstić information content (AvgIpc) is 3.16. The molecule has 0 saturated heterocycles. The molecular weight excluding hydrogens is 428 g/mol. The van der Waals surface area contributed by atoms with Gasteiger partial charge in [0.05, 0.1) is 0 Å². The van der Waals surface area contributed by atoms with Crippen LogP contribution in [0.3, 0.4) is 0 Å². The summed E-state index contributed by atoms with van der Waals surface area (Å²) >= 11 is 6.26. The van der Waals surface area contributed by atoms with Crippen LogP contribution in [0.15, 0.2) is 60.2 Å². The van der Waals surface area contributed by atoms with Gasteiger partial charge >= 0.3 is 12.5 Å². The number of halogens is 5. The van der Waals surface area contributed by atoms with E-state index in [0.717, 1.165) is 12.1 Å². The van der Waals surface area contributed by atoms with Gasteiger partial charge in [0.1, 0.15) is 12.3 Å².